The number of esters is 1. The van der Waals surface area contributed by atoms with E-state index in [4.69, 9.17) is 0 Å². The van der Waals surface area contributed by atoms with E-state index in [0.29, 0.717) is 5.56 Å². The lowest BCUT2D eigenvalue weighted by Crippen LogP contribution is -2.24. The van der Waals surface area contributed by atoms with Gasteiger partial charge < -0.3 is 14.9 Å². The Morgan fingerprint density at radius 1 is 1.50 bits per heavy atom. The highest BCUT2D eigenvalue weighted by molar-refractivity contribution is 5.74. The summed E-state index contributed by atoms with van der Waals surface area (Å²) in [7, 11) is 1.20. The second kappa shape index (κ2) is 4.62. The van der Waals surface area contributed by atoms with E-state index in [0.717, 1.165) is 0 Å². The number of ether oxygens (including phenoxy) is 1. The molecule has 0 saturated heterocycles. The molecule has 14 heavy (non-hydrogen) atoms. The molecule has 0 radical (unpaired) electrons. The summed E-state index contributed by atoms with van der Waals surface area (Å²) in [6, 6.07) is 6.53. The van der Waals surface area contributed by atoms with Crippen molar-refractivity contribution in [2.45, 2.75) is 12.5 Å². The zero-order valence-electron chi connectivity index (χ0n) is 7.80. The average Bonchev–Trinajstić information content (AvgIpc) is 2.20. The Morgan fingerprint density at radius 2 is 2.14 bits per heavy atom. The molecule has 1 rings (SSSR count). The molecule has 0 aliphatic rings. The fourth-order valence-electron chi connectivity index (χ4n) is 1.11. The highest BCUT2D eigenvalue weighted by Gasteiger charge is 2.17. The maximum atomic E-state index is 10.9. The molecule has 1 aromatic carbocycles. The predicted molar refractivity (Wildman–Crippen MR) is 49.8 cm³/mol. The maximum absolute atomic E-state index is 10.9. The minimum absolute atomic E-state index is 0.0549. The maximum Gasteiger partial charge on any atom is 0.335 e. The number of methoxy groups -OCH3 is 1. The second-order valence-electron chi connectivity index (χ2n) is 2.87. The molecule has 0 aromatic heterocycles. The summed E-state index contributed by atoms with van der Waals surface area (Å²) in [5, 5.41) is 18.7. The Balaban J connectivity index is 2.69. The van der Waals surface area contributed by atoms with Gasteiger partial charge in [-0.05, 0) is 11.6 Å². The number of aromatic hydroxyl groups is 1. The molecule has 76 valence electrons. The van der Waals surface area contributed by atoms with Crippen LogP contribution in [0.25, 0.3) is 0 Å². The van der Waals surface area contributed by atoms with Gasteiger partial charge in [0.05, 0.1) is 7.11 Å². The number of aliphatic hydroxyl groups excluding tert-OH is 1. The van der Waals surface area contributed by atoms with Crippen molar-refractivity contribution in [1.82, 2.24) is 0 Å². The number of rotatable bonds is 3. The van der Waals surface area contributed by atoms with Crippen LogP contribution in [-0.2, 0) is 16.0 Å². The molecule has 0 aliphatic carbocycles. The summed E-state index contributed by atoms with van der Waals surface area (Å²) < 4.78 is 4.35. The Labute approximate surface area is 81.8 Å². The topological polar surface area (TPSA) is 66.8 Å². The zero-order valence-corrected chi connectivity index (χ0v) is 7.80. The van der Waals surface area contributed by atoms with E-state index in [2.05, 4.69) is 4.74 Å². The minimum Gasteiger partial charge on any atom is -0.508 e. The summed E-state index contributed by atoms with van der Waals surface area (Å²) in [5.41, 5.74) is 0.519. The molecule has 0 bridgehead atoms. The molecule has 4 nitrogen and oxygen atoms in total. The number of benzene rings is 1. The third-order valence-electron chi connectivity index (χ3n) is 1.88. The summed E-state index contributed by atoms with van der Waals surface area (Å²) in [6.45, 7) is 0. The van der Waals surface area contributed by atoms with Crippen molar-refractivity contribution in [2.24, 2.45) is 0 Å². The lowest BCUT2D eigenvalue weighted by atomic mass is 10.1. The van der Waals surface area contributed by atoms with Crippen molar-refractivity contribution in [3.8, 4) is 5.75 Å². The molecule has 0 aliphatic heterocycles. The van der Waals surface area contributed by atoms with Gasteiger partial charge in [-0.3, -0.25) is 0 Å². The molecule has 0 fully saturated rings. The van der Waals surface area contributed by atoms with Crippen molar-refractivity contribution < 1.29 is 19.7 Å². The van der Waals surface area contributed by atoms with E-state index in [1.54, 1.807) is 18.2 Å². The van der Waals surface area contributed by atoms with Crippen molar-refractivity contribution in [3.63, 3.8) is 0 Å². The minimum atomic E-state index is -1.23. The quantitative estimate of drug-likeness (QED) is 0.689. The Morgan fingerprint density at radius 3 is 2.71 bits per heavy atom. The molecular formula is C10H12O4. The van der Waals surface area contributed by atoms with Crippen molar-refractivity contribution in [2.75, 3.05) is 7.11 Å². The van der Waals surface area contributed by atoms with Gasteiger partial charge >= 0.3 is 5.97 Å². The van der Waals surface area contributed by atoms with Gasteiger partial charge in [-0.1, -0.05) is 18.2 Å². The van der Waals surface area contributed by atoms with Crippen LogP contribution in [0.3, 0.4) is 0 Å². The summed E-state index contributed by atoms with van der Waals surface area (Å²) in [4.78, 5) is 10.9. The highest BCUT2D eigenvalue weighted by atomic mass is 16.5. The van der Waals surface area contributed by atoms with Gasteiger partial charge in [0.2, 0.25) is 0 Å². The fraction of sp³-hybridized carbons (Fsp3) is 0.300. The molecular weight excluding hydrogens is 184 g/mol. The van der Waals surface area contributed by atoms with Gasteiger partial charge in [0.15, 0.2) is 6.10 Å². The van der Waals surface area contributed by atoms with E-state index >= 15 is 0 Å². The molecule has 2 N–H and O–H groups in total. The number of phenolic OH excluding ortho intramolecular Hbond substituents is 1. The summed E-state index contributed by atoms with van der Waals surface area (Å²) in [5.74, 6) is -0.635. The van der Waals surface area contributed by atoms with Crippen LogP contribution in [0.15, 0.2) is 24.3 Å². The number of para-hydroxylation sites is 1. The molecule has 0 saturated carbocycles. The molecule has 4 heteroatoms. The lowest BCUT2D eigenvalue weighted by molar-refractivity contribution is -0.150. The van der Waals surface area contributed by atoms with Gasteiger partial charge in [-0.25, -0.2) is 4.79 Å². The van der Waals surface area contributed by atoms with Crippen molar-refractivity contribution in [1.29, 1.82) is 0 Å². The molecule has 0 unspecified atom stereocenters. The van der Waals surface area contributed by atoms with Gasteiger partial charge in [0, 0.05) is 6.42 Å². The van der Waals surface area contributed by atoms with Crippen LogP contribution in [0.4, 0.5) is 0 Å². The average molecular weight is 196 g/mol. The van der Waals surface area contributed by atoms with Gasteiger partial charge in [-0.15, -0.1) is 0 Å². The standard InChI is InChI=1S/C10H12O4/c1-14-10(13)9(12)6-7-4-2-3-5-8(7)11/h2-5,9,11-12H,6H2,1H3/t9-/m1/s1. The first kappa shape index (κ1) is 10.5. The lowest BCUT2D eigenvalue weighted by Gasteiger charge is -2.08. The first-order chi connectivity index (χ1) is 6.65. The monoisotopic (exact) mass is 196 g/mol. The van der Waals surface area contributed by atoms with Crippen LogP contribution in [0.5, 0.6) is 5.75 Å². The van der Waals surface area contributed by atoms with Gasteiger partial charge in [-0.2, -0.15) is 0 Å². The number of carbonyl (C=O) groups is 1. The third kappa shape index (κ3) is 2.47. The first-order valence-corrected chi connectivity index (χ1v) is 4.18. The van der Waals surface area contributed by atoms with Crippen molar-refractivity contribution in [3.05, 3.63) is 29.8 Å². The summed E-state index contributed by atoms with van der Waals surface area (Å²) >= 11 is 0. The number of phenols is 1. The highest BCUT2D eigenvalue weighted by Crippen LogP contribution is 2.17. The molecule has 1 atom stereocenters. The second-order valence-corrected chi connectivity index (χ2v) is 2.87. The number of carbonyl (C=O) groups excluding carboxylic acids is 1. The van der Waals surface area contributed by atoms with Crippen LogP contribution < -0.4 is 0 Å². The zero-order chi connectivity index (χ0) is 10.6. The van der Waals surface area contributed by atoms with Crippen LogP contribution in [0.2, 0.25) is 0 Å². The Bertz CT molecular complexity index is 322. The Hall–Kier alpha value is -1.55. The van der Waals surface area contributed by atoms with Crippen LogP contribution in [0, 0.1) is 0 Å². The van der Waals surface area contributed by atoms with E-state index < -0.39 is 12.1 Å². The number of aliphatic hydroxyl groups is 1. The van der Waals surface area contributed by atoms with Gasteiger partial charge in [0.25, 0.3) is 0 Å². The largest absolute Gasteiger partial charge is 0.508 e. The third-order valence-corrected chi connectivity index (χ3v) is 1.88. The number of hydrogen-bond acceptors (Lipinski definition) is 4. The van der Waals surface area contributed by atoms with Crippen LogP contribution >= 0.6 is 0 Å². The van der Waals surface area contributed by atoms with Crippen LogP contribution in [-0.4, -0.2) is 29.4 Å². The van der Waals surface area contributed by atoms with E-state index in [1.165, 1.54) is 13.2 Å². The fourth-order valence-corrected chi connectivity index (χ4v) is 1.11. The van der Waals surface area contributed by atoms with Crippen LogP contribution in [0.1, 0.15) is 5.56 Å². The molecule has 0 spiro atoms. The van der Waals surface area contributed by atoms with Gasteiger partial charge in [0.1, 0.15) is 5.75 Å². The van der Waals surface area contributed by atoms with E-state index in [-0.39, 0.29) is 12.2 Å². The van der Waals surface area contributed by atoms with E-state index in [1.807, 2.05) is 0 Å². The molecule has 1 aromatic rings. The number of hydrogen-bond donors (Lipinski definition) is 2. The van der Waals surface area contributed by atoms with E-state index in [9.17, 15) is 15.0 Å². The normalized spacial score (nSPS) is 12.1. The molecule has 0 amide bonds. The predicted octanol–water partition coefficient (Wildman–Crippen LogP) is 0.469. The SMILES string of the molecule is COC(=O)[C@H](O)Cc1ccccc1O. The van der Waals surface area contributed by atoms with Crippen molar-refractivity contribution >= 4 is 5.97 Å². The molecule has 0 heterocycles. The summed E-state index contributed by atoms with van der Waals surface area (Å²) in [6.07, 6.45) is -1.17. The Kier molecular flexibility index (Phi) is 3.48. The first-order valence-electron chi connectivity index (χ1n) is 4.18. The smallest absolute Gasteiger partial charge is 0.335 e.